The topological polar surface area (TPSA) is 41.6 Å². The van der Waals surface area contributed by atoms with Crippen molar-refractivity contribution in [2.45, 2.75) is 19.9 Å². The molecule has 27 heavy (non-hydrogen) atoms. The van der Waals surface area contributed by atoms with Gasteiger partial charge in [0.2, 0.25) is 0 Å². The molecule has 1 fully saturated rings. The van der Waals surface area contributed by atoms with Crippen LogP contribution in [0.4, 0.5) is 5.69 Å². The lowest BCUT2D eigenvalue weighted by Gasteiger charge is -2.30. The molecule has 0 atom stereocenters. The average Bonchev–Trinajstić information content (AvgIpc) is 2.68. The number of aryl methyl sites for hydroxylation is 1. The van der Waals surface area contributed by atoms with E-state index in [1.54, 1.807) is 0 Å². The summed E-state index contributed by atoms with van der Waals surface area (Å²) in [6.45, 7) is 9.52. The molecule has 0 bridgehead atoms. The van der Waals surface area contributed by atoms with Gasteiger partial charge in [0.05, 0.1) is 13.2 Å². The van der Waals surface area contributed by atoms with Gasteiger partial charge < -0.3 is 15.0 Å². The maximum Gasteiger partial charge on any atom is 0.252 e. The molecule has 1 aliphatic rings. The number of carbonyl (C=O) groups excluding carboxylic acids is 1. The molecule has 0 aromatic heterocycles. The second-order valence-electron chi connectivity index (χ2n) is 6.70. The zero-order valence-corrected chi connectivity index (χ0v) is 16.4. The minimum atomic E-state index is -0.0622. The standard InChI is InChI=1S/C22H25ClN2O2/c1-3-4-18-14-20(25-9-11-27-12-10-25)13-16(2)21(18)22(26)24-15-17-5-7-19(23)8-6-17/h3,5-8,13-14H,1,4,9-12,15H2,2H3,(H,24,26). The van der Waals surface area contributed by atoms with Gasteiger partial charge in [0.1, 0.15) is 0 Å². The number of hydrogen-bond acceptors (Lipinski definition) is 3. The van der Waals surface area contributed by atoms with E-state index in [4.69, 9.17) is 16.3 Å². The number of halogens is 1. The fraction of sp³-hybridized carbons (Fsp3) is 0.318. The predicted molar refractivity (Wildman–Crippen MR) is 111 cm³/mol. The molecule has 0 aliphatic carbocycles. The highest BCUT2D eigenvalue weighted by molar-refractivity contribution is 6.30. The molecule has 1 saturated heterocycles. The third-order valence-electron chi connectivity index (χ3n) is 4.74. The molecule has 0 spiro atoms. The van der Waals surface area contributed by atoms with E-state index in [0.29, 0.717) is 18.0 Å². The van der Waals surface area contributed by atoms with Gasteiger partial charge in [-0.25, -0.2) is 0 Å². The number of anilines is 1. The minimum Gasteiger partial charge on any atom is -0.378 e. The van der Waals surface area contributed by atoms with Crippen LogP contribution in [0.5, 0.6) is 0 Å². The Morgan fingerprint density at radius 2 is 1.96 bits per heavy atom. The summed E-state index contributed by atoms with van der Waals surface area (Å²) in [5.74, 6) is -0.0622. The summed E-state index contributed by atoms with van der Waals surface area (Å²) in [6, 6.07) is 11.7. The van der Waals surface area contributed by atoms with E-state index in [1.807, 2.05) is 37.3 Å². The van der Waals surface area contributed by atoms with E-state index < -0.39 is 0 Å². The first-order valence-corrected chi connectivity index (χ1v) is 9.56. The molecule has 2 aromatic carbocycles. The second-order valence-corrected chi connectivity index (χ2v) is 7.13. The molecule has 0 unspecified atom stereocenters. The van der Waals surface area contributed by atoms with Crippen molar-refractivity contribution < 1.29 is 9.53 Å². The van der Waals surface area contributed by atoms with Crippen LogP contribution in [-0.4, -0.2) is 32.2 Å². The van der Waals surface area contributed by atoms with Crippen LogP contribution in [0.3, 0.4) is 0 Å². The first-order valence-electron chi connectivity index (χ1n) is 9.18. The van der Waals surface area contributed by atoms with Gasteiger partial charge in [-0.15, -0.1) is 6.58 Å². The Hall–Kier alpha value is -2.30. The molecule has 0 radical (unpaired) electrons. The molecular formula is C22H25ClN2O2. The number of carbonyl (C=O) groups is 1. The summed E-state index contributed by atoms with van der Waals surface area (Å²) >= 11 is 5.92. The molecule has 5 heteroatoms. The van der Waals surface area contributed by atoms with E-state index in [-0.39, 0.29) is 5.91 Å². The van der Waals surface area contributed by atoms with Gasteiger partial charge in [0, 0.05) is 35.9 Å². The number of hydrogen-bond donors (Lipinski definition) is 1. The summed E-state index contributed by atoms with van der Waals surface area (Å²) in [5, 5.41) is 3.71. The zero-order valence-electron chi connectivity index (χ0n) is 15.6. The van der Waals surface area contributed by atoms with Crippen molar-refractivity contribution in [2.75, 3.05) is 31.2 Å². The van der Waals surface area contributed by atoms with Crippen LogP contribution in [0, 0.1) is 6.92 Å². The molecule has 1 N–H and O–H groups in total. The minimum absolute atomic E-state index is 0.0622. The SMILES string of the molecule is C=CCc1cc(N2CCOCC2)cc(C)c1C(=O)NCc1ccc(Cl)cc1. The number of nitrogens with zero attached hydrogens (tertiary/aromatic N) is 1. The Bertz CT molecular complexity index is 812. The summed E-state index contributed by atoms with van der Waals surface area (Å²) in [6.07, 6.45) is 2.50. The van der Waals surface area contributed by atoms with Crippen LogP contribution in [0.25, 0.3) is 0 Å². The van der Waals surface area contributed by atoms with E-state index in [1.165, 1.54) is 0 Å². The largest absolute Gasteiger partial charge is 0.378 e. The van der Waals surface area contributed by atoms with Gasteiger partial charge in [0.25, 0.3) is 5.91 Å². The van der Waals surface area contributed by atoms with E-state index in [0.717, 1.165) is 54.2 Å². The number of amides is 1. The lowest BCUT2D eigenvalue weighted by Crippen LogP contribution is -2.36. The molecule has 0 saturated carbocycles. The summed E-state index contributed by atoms with van der Waals surface area (Å²) in [5.41, 5.74) is 4.87. The maximum atomic E-state index is 12.9. The van der Waals surface area contributed by atoms with Gasteiger partial charge >= 0.3 is 0 Å². The normalized spacial score (nSPS) is 14.1. The molecule has 1 amide bonds. The first-order chi connectivity index (χ1) is 13.1. The van der Waals surface area contributed by atoms with Crippen LogP contribution in [-0.2, 0) is 17.7 Å². The predicted octanol–water partition coefficient (Wildman–Crippen LogP) is 4.14. The van der Waals surface area contributed by atoms with Crippen LogP contribution >= 0.6 is 11.6 Å². The van der Waals surface area contributed by atoms with Crippen LogP contribution < -0.4 is 10.2 Å². The quantitative estimate of drug-likeness (QED) is 0.761. The van der Waals surface area contributed by atoms with Crippen molar-refractivity contribution in [3.05, 3.63) is 76.3 Å². The summed E-state index contributed by atoms with van der Waals surface area (Å²) < 4.78 is 5.44. The highest BCUT2D eigenvalue weighted by Gasteiger charge is 2.18. The Balaban J connectivity index is 1.80. The third-order valence-corrected chi connectivity index (χ3v) is 4.99. The van der Waals surface area contributed by atoms with Crippen molar-refractivity contribution in [2.24, 2.45) is 0 Å². The van der Waals surface area contributed by atoms with Crippen LogP contribution in [0.15, 0.2) is 49.1 Å². The number of benzene rings is 2. The van der Waals surface area contributed by atoms with Gasteiger partial charge in [-0.2, -0.15) is 0 Å². The monoisotopic (exact) mass is 384 g/mol. The maximum absolute atomic E-state index is 12.9. The van der Waals surface area contributed by atoms with Gasteiger partial charge in [-0.05, 0) is 54.3 Å². The lowest BCUT2D eigenvalue weighted by atomic mass is 9.97. The first kappa shape index (κ1) is 19.5. The molecular weight excluding hydrogens is 360 g/mol. The van der Waals surface area contributed by atoms with Crippen molar-refractivity contribution in [3.63, 3.8) is 0 Å². The van der Waals surface area contributed by atoms with Crippen molar-refractivity contribution >= 4 is 23.2 Å². The highest BCUT2D eigenvalue weighted by Crippen LogP contribution is 2.25. The Morgan fingerprint density at radius 1 is 1.26 bits per heavy atom. The number of allylic oxidation sites excluding steroid dienone is 1. The number of rotatable bonds is 6. The number of nitrogens with one attached hydrogen (secondary N) is 1. The second kappa shape index (κ2) is 9.07. The summed E-state index contributed by atoms with van der Waals surface area (Å²) in [7, 11) is 0. The number of ether oxygens (including phenoxy) is 1. The van der Waals surface area contributed by atoms with Crippen molar-refractivity contribution in [3.8, 4) is 0 Å². The highest BCUT2D eigenvalue weighted by atomic mass is 35.5. The molecule has 4 nitrogen and oxygen atoms in total. The molecule has 142 valence electrons. The van der Waals surface area contributed by atoms with Crippen LogP contribution in [0.1, 0.15) is 27.0 Å². The fourth-order valence-corrected chi connectivity index (χ4v) is 3.48. The molecule has 2 aromatic rings. The molecule has 1 heterocycles. The van der Waals surface area contributed by atoms with E-state index in [2.05, 4.69) is 28.9 Å². The van der Waals surface area contributed by atoms with Gasteiger partial charge in [0.15, 0.2) is 0 Å². The van der Waals surface area contributed by atoms with E-state index >= 15 is 0 Å². The Labute approximate surface area is 165 Å². The van der Waals surface area contributed by atoms with E-state index in [9.17, 15) is 4.79 Å². The molecule has 3 rings (SSSR count). The Kier molecular flexibility index (Phi) is 6.54. The lowest BCUT2D eigenvalue weighted by molar-refractivity contribution is 0.0949. The van der Waals surface area contributed by atoms with Gasteiger partial charge in [-0.3, -0.25) is 4.79 Å². The van der Waals surface area contributed by atoms with Crippen molar-refractivity contribution in [1.82, 2.24) is 5.32 Å². The third kappa shape index (κ3) is 4.90. The molecule has 1 aliphatic heterocycles. The average molecular weight is 385 g/mol. The van der Waals surface area contributed by atoms with Gasteiger partial charge in [-0.1, -0.05) is 29.8 Å². The zero-order chi connectivity index (χ0) is 19.2. The number of morpholine rings is 1. The van der Waals surface area contributed by atoms with Crippen molar-refractivity contribution in [1.29, 1.82) is 0 Å². The van der Waals surface area contributed by atoms with Crippen LogP contribution in [0.2, 0.25) is 5.02 Å². The smallest absolute Gasteiger partial charge is 0.252 e. The summed E-state index contributed by atoms with van der Waals surface area (Å²) in [4.78, 5) is 15.2. The Morgan fingerprint density at radius 3 is 2.63 bits per heavy atom. The fourth-order valence-electron chi connectivity index (χ4n) is 3.36.